The van der Waals surface area contributed by atoms with Crippen LogP contribution in [0.4, 0.5) is 15.0 Å². The number of carbonyl (C=O) groups is 1. The van der Waals surface area contributed by atoms with Gasteiger partial charge >= 0.3 is 6.03 Å². The van der Waals surface area contributed by atoms with E-state index in [9.17, 15) is 14.3 Å². The van der Waals surface area contributed by atoms with Crippen molar-refractivity contribution >= 4 is 11.8 Å². The lowest BCUT2D eigenvalue weighted by Crippen LogP contribution is -2.33. The zero-order valence-electron chi connectivity index (χ0n) is 14.1. The number of benzene rings is 1. The van der Waals surface area contributed by atoms with Crippen LogP contribution in [0.15, 0.2) is 30.3 Å². The maximum atomic E-state index is 13.3. The van der Waals surface area contributed by atoms with Gasteiger partial charge in [0.15, 0.2) is 5.82 Å². The summed E-state index contributed by atoms with van der Waals surface area (Å²) in [7, 11) is 0. The van der Waals surface area contributed by atoms with E-state index in [4.69, 9.17) is 0 Å². The molecule has 24 heavy (non-hydrogen) atoms. The Kier molecular flexibility index (Phi) is 5.92. The molecule has 0 aliphatic rings. The molecule has 2 unspecified atom stereocenters. The maximum absolute atomic E-state index is 13.3. The number of amides is 2. The highest BCUT2D eigenvalue weighted by Gasteiger charge is 2.11. The quantitative estimate of drug-likeness (QED) is 0.760. The summed E-state index contributed by atoms with van der Waals surface area (Å²) in [6, 6.07) is 7.44. The molecule has 1 aromatic heterocycles. The molecule has 0 saturated carbocycles. The highest BCUT2D eigenvalue weighted by atomic mass is 19.1. The fourth-order valence-corrected chi connectivity index (χ4v) is 2.50. The number of aliphatic hydroxyl groups excluding tert-OH is 1. The molecule has 0 aliphatic heterocycles. The van der Waals surface area contributed by atoms with Crippen LogP contribution in [0.2, 0.25) is 0 Å². The largest absolute Gasteiger partial charge is 0.393 e. The minimum absolute atomic E-state index is 0.169. The van der Waals surface area contributed by atoms with Crippen molar-refractivity contribution in [3.63, 3.8) is 0 Å². The Labute approximate surface area is 140 Å². The molecule has 2 atom stereocenters. The molecule has 0 saturated heterocycles. The van der Waals surface area contributed by atoms with E-state index >= 15 is 0 Å². The van der Waals surface area contributed by atoms with Crippen LogP contribution in [0.5, 0.6) is 0 Å². The lowest BCUT2D eigenvalue weighted by atomic mass is 10.1. The smallest absolute Gasteiger partial charge is 0.320 e. The molecule has 2 aromatic rings. The molecule has 130 valence electrons. The van der Waals surface area contributed by atoms with Gasteiger partial charge in [0, 0.05) is 18.3 Å². The van der Waals surface area contributed by atoms with E-state index < -0.39 is 6.10 Å². The molecule has 1 aromatic carbocycles. The number of urea groups is 1. The van der Waals surface area contributed by atoms with Gasteiger partial charge in [-0.2, -0.15) is 0 Å². The standard InChI is InChI=1S/C17H23FN4O2/c1-11(7-13(3)23)10-19-17(24)20-16-8-12(2)22(21-16)15-6-4-5-14(18)9-15/h4-6,8-9,11,13,23H,7,10H2,1-3H3,(H2,19,20,21,24). The first-order valence-electron chi connectivity index (χ1n) is 7.90. The maximum Gasteiger partial charge on any atom is 0.320 e. The number of nitrogens with one attached hydrogen (secondary N) is 2. The Morgan fingerprint density at radius 3 is 2.79 bits per heavy atom. The molecule has 0 radical (unpaired) electrons. The summed E-state index contributed by atoms with van der Waals surface area (Å²) in [5.74, 6) is 0.210. The summed E-state index contributed by atoms with van der Waals surface area (Å²) in [6.45, 7) is 5.96. The lowest BCUT2D eigenvalue weighted by Gasteiger charge is -2.14. The molecule has 2 rings (SSSR count). The normalized spacial score (nSPS) is 13.4. The van der Waals surface area contributed by atoms with Gasteiger partial charge in [0.25, 0.3) is 0 Å². The fraction of sp³-hybridized carbons (Fsp3) is 0.412. The number of halogens is 1. The average Bonchev–Trinajstić information content (AvgIpc) is 2.85. The highest BCUT2D eigenvalue weighted by Crippen LogP contribution is 2.16. The van der Waals surface area contributed by atoms with Crippen LogP contribution in [0.1, 0.15) is 26.0 Å². The van der Waals surface area contributed by atoms with E-state index in [0.717, 1.165) is 5.69 Å². The van der Waals surface area contributed by atoms with Crippen molar-refractivity contribution < 1.29 is 14.3 Å². The second kappa shape index (κ2) is 7.92. The molecule has 0 bridgehead atoms. The number of rotatable bonds is 6. The Bertz CT molecular complexity index is 700. The van der Waals surface area contributed by atoms with Gasteiger partial charge in [0.2, 0.25) is 0 Å². The third-order valence-corrected chi connectivity index (χ3v) is 3.54. The SMILES string of the molecule is Cc1cc(NC(=O)NCC(C)CC(C)O)nn1-c1cccc(F)c1. The van der Waals surface area contributed by atoms with Gasteiger partial charge in [0.1, 0.15) is 5.82 Å². The summed E-state index contributed by atoms with van der Waals surface area (Å²) < 4.78 is 14.9. The van der Waals surface area contributed by atoms with Crippen LogP contribution in [0.25, 0.3) is 5.69 Å². The first-order chi connectivity index (χ1) is 11.3. The molecule has 6 nitrogen and oxygen atoms in total. The van der Waals surface area contributed by atoms with Crippen LogP contribution in [-0.4, -0.2) is 33.6 Å². The van der Waals surface area contributed by atoms with E-state index in [2.05, 4.69) is 15.7 Å². The van der Waals surface area contributed by atoms with E-state index in [1.807, 2.05) is 13.8 Å². The van der Waals surface area contributed by atoms with E-state index in [1.54, 1.807) is 29.8 Å². The number of aliphatic hydroxyl groups is 1. The van der Waals surface area contributed by atoms with Crippen LogP contribution < -0.4 is 10.6 Å². The van der Waals surface area contributed by atoms with E-state index in [0.29, 0.717) is 24.5 Å². The number of anilines is 1. The number of nitrogens with zero attached hydrogens (tertiary/aromatic N) is 2. The van der Waals surface area contributed by atoms with Crippen LogP contribution in [-0.2, 0) is 0 Å². The summed E-state index contributed by atoms with van der Waals surface area (Å²) in [5.41, 5.74) is 1.37. The van der Waals surface area contributed by atoms with E-state index in [1.165, 1.54) is 12.1 Å². The predicted molar refractivity (Wildman–Crippen MR) is 90.7 cm³/mol. The van der Waals surface area contributed by atoms with Crippen molar-refractivity contribution in [3.05, 3.63) is 41.8 Å². The van der Waals surface area contributed by atoms with Crippen molar-refractivity contribution in [1.29, 1.82) is 0 Å². The van der Waals surface area contributed by atoms with Crippen LogP contribution >= 0.6 is 0 Å². The molecule has 1 heterocycles. The molecular weight excluding hydrogens is 311 g/mol. The van der Waals surface area contributed by atoms with Gasteiger partial charge in [-0.25, -0.2) is 13.9 Å². The molecule has 7 heteroatoms. The van der Waals surface area contributed by atoms with Gasteiger partial charge in [-0.3, -0.25) is 5.32 Å². The van der Waals surface area contributed by atoms with Crippen molar-refractivity contribution in [3.8, 4) is 5.69 Å². The molecule has 0 aliphatic carbocycles. The molecule has 3 N–H and O–H groups in total. The van der Waals surface area contributed by atoms with Gasteiger partial charge in [-0.15, -0.1) is 5.10 Å². The Hall–Kier alpha value is -2.41. The molecule has 0 fully saturated rings. The van der Waals surface area contributed by atoms with Gasteiger partial charge < -0.3 is 10.4 Å². The van der Waals surface area contributed by atoms with Gasteiger partial charge in [0.05, 0.1) is 11.8 Å². The highest BCUT2D eigenvalue weighted by molar-refractivity contribution is 5.88. The number of aromatic nitrogens is 2. The summed E-state index contributed by atoms with van der Waals surface area (Å²) in [6.07, 6.45) is 0.225. The first kappa shape index (κ1) is 17.9. The monoisotopic (exact) mass is 334 g/mol. The zero-order chi connectivity index (χ0) is 17.7. The minimum atomic E-state index is -0.394. The Morgan fingerprint density at radius 1 is 1.38 bits per heavy atom. The lowest BCUT2D eigenvalue weighted by molar-refractivity contribution is 0.163. The first-order valence-corrected chi connectivity index (χ1v) is 7.90. The Morgan fingerprint density at radius 2 is 2.12 bits per heavy atom. The van der Waals surface area contributed by atoms with Crippen LogP contribution in [0.3, 0.4) is 0 Å². The topological polar surface area (TPSA) is 79.2 Å². The van der Waals surface area contributed by atoms with Gasteiger partial charge in [-0.05, 0) is 44.4 Å². The van der Waals surface area contributed by atoms with Gasteiger partial charge in [-0.1, -0.05) is 13.0 Å². The van der Waals surface area contributed by atoms with Crippen molar-refractivity contribution in [1.82, 2.24) is 15.1 Å². The predicted octanol–water partition coefficient (Wildman–Crippen LogP) is 2.85. The van der Waals surface area contributed by atoms with E-state index in [-0.39, 0.29) is 17.8 Å². The number of carbonyl (C=O) groups excluding carboxylic acids is 1. The number of aryl methyl sites for hydroxylation is 1. The van der Waals surface area contributed by atoms with Crippen LogP contribution in [0, 0.1) is 18.7 Å². The third kappa shape index (κ3) is 5.06. The summed E-state index contributed by atoms with van der Waals surface area (Å²) >= 11 is 0. The molecule has 2 amide bonds. The average molecular weight is 334 g/mol. The third-order valence-electron chi connectivity index (χ3n) is 3.54. The second-order valence-electron chi connectivity index (χ2n) is 6.09. The second-order valence-corrected chi connectivity index (χ2v) is 6.09. The van der Waals surface area contributed by atoms with Crippen molar-refractivity contribution in [2.24, 2.45) is 5.92 Å². The Balaban J connectivity index is 1.96. The summed E-state index contributed by atoms with van der Waals surface area (Å²) in [4.78, 5) is 11.9. The minimum Gasteiger partial charge on any atom is -0.393 e. The molecular formula is C17H23FN4O2. The number of hydrogen-bond acceptors (Lipinski definition) is 3. The zero-order valence-corrected chi connectivity index (χ0v) is 14.1. The van der Waals surface area contributed by atoms with Crippen molar-refractivity contribution in [2.45, 2.75) is 33.3 Å². The summed E-state index contributed by atoms with van der Waals surface area (Å²) in [5, 5.41) is 19.0. The molecule has 0 spiro atoms. The fourth-order valence-electron chi connectivity index (χ4n) is 2.50. The number of hydrogen-bond donors (Lipinski definition) is 3. The van der Waals surface area contributed by atoms with Crippen molar-refractivity contribution in [2.75, 3.05) is 11.9 Å².